The summed E-state index contributed by atoms with van der Waals surface area (Å²) in [4.78, 5) is 16.9. The number of hydrogen-bond donors (Lipinski definition) is 1. The largest absolute Gasteiger partial charge is 0.465 e. The molecule has 0 amide bonds. The number of rotatable bonds is 3. The van der Waals surface area contributed by atoms with E-state index < -0.39 is 15.8 Å². The lowest BCUT2D eigenvalue weighted by atomic mass is 10.1. The van der Waals surface area contributed by atoms with Gasteiger partial charge in [-0.15, -0.1) is 5.48 Å². The molecule has 1 aromatic rings. The Morgan fingerprint density at radius 3 is 2.57 bits per heavy atom. The predicted molar refractivity (Wildman–Crippen MR) is 77.6 cm³/mol. The van der Waals surface area contributed by atoms with Crippen LogP contribution in [0.2, 0.25) is 5.02 Å². The Morgan fingerprint density at radius 1 is 1.43 bits per heavy atom. The first kappa shape index (κ1) is 15.8. The molecule has 0 radical (unpaired) electrons. The van der Waals surface area contributed by atoms with Gasteiger partial charge in [-0.3, -0.25) is 0 Å². The van der Waals surface area contributed by atoms with Crippen LogP contribution in [-0.4, -0.2) is 33.8 Å². The molecule has 0 bridgehead atoms. The highest BCUT2D eigenvalue weighted by Gasteiger charge is 2.28. The molecule has 2 rings (SSSR count). The molecule has 0 saturated carbocycles. The van der Waals surface area contributed by atoms with Gasteiger partial charge < -0.3 is 9.57 Å². The number of carbonyl (C=O) groups excluding carboxylic acids is 1. The summed E-state index contributed by atoms with van der Waals surface area (Å²) in [6.45, 7) is 1.82. The van der Waals surface area contributed by atoms with E-state index in [4.69, 9.17) is 16.4 Å². The lowest BCUT2D eigenvalue weighted by Crippen LogP contribution is -2.16. The summed E-state index contributed by atoms with van der Waals surface area (Å²) in [6, 6.07) is 2.53. The van der Waals surface area contributed by atoms with Crippen LogP contribution >= 0.6 is 11.6 Å². The Hall–Kier alpha value is -1.57. The monoisotopic (exact) mass is 331 g/mol. The van der Waals surface area contributed by atoms with Crippen molar-refractivity contribution in [3.05, 3.63) is 34.4 Å². The van der Waals surface area contributed by atoms with Gasteiger partial charge in [0.05, 0.1) is 34.2 Å². The topological polar surface area (TPSA) is 81.7 Å². The highest BCUT2D eigenvalue weighted by atomic mass is 35.5. The average Bonchev–Trinajstić information content (AvgIpc) is 2.82. The van der Waals surface area contributed by atoms with Crippen LogP contribution in [0.25, 0.3) is 5.76 Å². The van der Waals surface area contributed by atoms with Gasteiger partial charge in [0.2, 0.25) is 0 Å². The summed E-state index contributed by atoms with van der Waals surface area (Å²) >= 11 is 6.21. The standard InChI is InChI=1S/C13H14ClNO5S/c1-7-6-9(20-15-7)11-10(21(3,17)18)5-4-8(12(11)14)13(16)19-2/h4-7,15H,1-3H3. The molecule has 1 aromatic carbocycles. The maximum Gasteiger partial charge on any atom is 0.339 e. The van der Waals surface area contributed by atoms with Gasteiger partial charge in [0.15, 0.2) is 15.6 Å². The summed E-state index contributed by atoms with van der Waals surface area (Å²) in [5, 5.41) is -0.0214. The number of hydrogen-bond acceptors (Lipinski definition) is 6. The van der Waals surface area contributed by atoms with Gasteiger partial charge in [-0.2, -0.15) is 0 Å². The average molecular weight is 332 g/mol. The Morgan fingerprint density at radius 2 is 2.10 bits per heavy atom. The third kappa shape index (κ3) is 3.04. The molecule has 1 aliphatic rings. The molecule has 1 aliphatic heterocycles. The molecule has 0 spiro atoms. The summed E-state index contributed by atoms with van der Waals surface area (Å²) in [6.07, 6.45) is 2.74. The normalized spacial score (nSPS) is 18.1. The van der Waals surface area contributed by atoms with Crippen LogP contribution in [-0.2, 0) is 19.4 Å². The van der Waals surface area contributed by atoms with Gasteiger partial charge in [-0.1, -0.05) is 11.6 Å². The molecule has 114 valence electrons. The van der Waals surface area contributed by atoms with E-state index in [1.165, 1.54) is 19.2 Å². The molecule has 6 nitrogen and oxygen atoms in total. The van der Waals surface area contributed by atoms with E-state index in [2.05, 4.69) is 10.2 Å². The molecule has 1 unspecified atom stereocenters. The van der Waals surface area contributed by atoms with Gasteiger partial charge in [0, 0.05) is 6.26 Å². The maximum absolute atomic E-state index is 11.9. The summed E-state index contributed by atoms with van der Waals surface area (Å²) in [7, 11) is -2.33. The van der Waals surface area contributed by atoms with Gasteiger partial charge in [0.25, 0.3) is 0 Å². The first-order valence-electron chi connectivity index (χ1n) is 6.01. The molecule has 8 heteroatoms. The minimum atomic E-state index is -3.55. The number of carbonyl (C=O) groups is 1. The highest BCUT2D eigenvalue weighted by Crippen LogP contribution is 2.35. The van der Waals surface area contributed by atoms with E-state index in [-0.39, 0.29) is 32.8 Å². The molecular weight excluding hydrogens is 318 g/mol. The zero-order chi connectivity index (χ0) is 15.8. The van der Waals surface area contributed by atoms with Crippen LogP contribution in [0.3, 0.4) is 0 Å². The second kappa shape index (κ2) is 5.67. The number of benzene rings is 1. The number of sulfone groups is 1. The van der Waals surface area contributed by atoms with Crippen LogP contribution in [0, 0.1) is 0 Å². The van der Waals surface area contributed by atoms with Crippen LogP contribution in [0.15, 0.2) is 23.1 Å². The van der Waals surface area contributed by atoms with Crippen LogP contribution in [0.1, 0.15) is 22.8 Å². The Labute approximate surface area is 127 Å². The van der Waals surface area contributed by atoms with Crippen molar-refractivity contribution in [1.29, 1.82) is 0 Å². The van der Waals surface area contributed by atoms with Crippen molar-refractivity contribution in [3.63, 3.8) is 0 Å². The van der Waals surface area contributed by atoms with Crippen molar-refractivity contribution < 1.29 is 22.8 Å². The molecule has 0 saturated heterocycles. The molecule has 1 atom stereocenters. The van der Waals surface area contributed by atoms with Crippen molar-refractivity contribution >= 4 is 33.2 Å². The van der Waals surface area contributed by atoms with E-state index in [0.717, 1.165) is 6.26 Å². The number of halogens is 1. The first-order valence-corrected chi connectivity index (χ1v) is 8.28. The SMILES string of the molecule is COC(=O)c1ccc(S(C)(=O)=O)c(C2=CC(C)NO2)c1Cl. The Kier molecular flexibility index (Phi) is 4.27. The quantitative estimate of drug-likeness (QED) is 0.850. The maximum atomic E-state index is 11.9. The molecule has 0 fully saturated rings. The lowest BCUT2D eigenvalue weighted by molar-refractivity contribution is 0.0600. The Bertz CT molecular complexity index is 726. The number of nitrogens with one attached hydrogen (secondary N) is 1. The van der Waals surface area contributed by atoms with Crippen LogP contribution < -0.4 is 5.48 Å². The first-order chi connectivity index (χ1) is 9.75. The van der Waals surface area contributed by atoms with Gasteiger partial charge >= 0.3 is 5.97 Å². The lowest BCUT2D eigenvalue weighted by Gasteiger charge is -2.13. The number of ether oxygens (including phenoxy) is 1. The van der Waals surface area contributed by atoms with Gasteiger partial charge in [-0.25, -0.2) is 13.2 Å². The third-order valence-corrected chi connectivity index (χ3v) is 4.44. The molecular formula is C13H14ClNO5S. The third-order valence-electron chi connectivity index (χ3n) is 2.91. The fourth-order valence-corrected chi connectivity index (χ4v) is 3.23. The Balaban J connectivity index is 2.74. The van der Waals surface area contributed by atoms with Crippen molar-refractivity contribution in [2.24, 2.45) is 0 Å². The van der Waals surface area contributed by atoms with E-state index in [1.807, 2.05) is 6.92 Å². The molecule has 0 aromatic heterocycles. The smallest absolute Gasteiger partial charge is 0.339 e. The molecule has 21 heavy (non-hydrogen) atoms. The minimum Gasteiger partial charge on any atom is -0.465 e. The van der Waals surface area contributed by atoms with Crippen molar-refractivity contribution in [2.45, 2.75) is 17.9 Å². The van der Waals surface area contributed by atoms with Crippen molar-refractivity contribution in [3.8, 4) is 0 Å². The van der Waals surface area contributed by atoms with Gasteiger partial charge in [-0.05, 0) is 25.1 Å². The van der Waals surface area contributed by atoms with Crippen LogP contribution in [0.4, 0.5) is 0 Å². The number of hydroxylamine groups is 1. The van der Waals surface area contributed by atoms with E-state index in [1.54, 1.807) is 6.08 Å². The number of esters is 1. The zero-order valence-electron chi connectivity index (χ0n) is 11.6. The van der Waals surface area contributed by atoms with E-state index in [9.17, 15) is 13.2 Å². The fourth-order valence-electron chi connectivity index (χ4n) is 1.95. The summed E-state index contributed by atoms with van der Waals surface area (Å²) in [5.74, 6) is -0.389. The summed E-state index contributed by atoms with van der Waals surface area (Å²) < 4.78 is 28.5. The predicted octanol–water partition coefficient (Wildman–Crippen LogP) is 1.79. The second-order valence-corrected chi connectivity index (χ2v) is 6.97. The van der Waals surface area contributed by atoms with E-state index >= 15 is 0 Å². The summed E-state index contributed by atoms with van der Waals surface area (Å²) in [5.41, 5.74) is 2.90. The minimum absolute atomic E-state index is 0.0118. The molecule has 1 heterocycles. The number of methoxy groups -OCH3 is 1. The van der Waals surface area contributed by atoms with E-state index in [0.29, 0.717) is 0 Å². The highest BCUT2D eigenvalue weighted by molar-refractivity contribution is 7.90. The van der Waals surface area contributed by atoms with Crippen molar-refractivity contribution in [2.75, 3.05) is 13.4 Å². The zero-order valence-corrected chi connectivity index (χ0v) is 13.2. The molecule has 1 N–H and O–H groups in total. The van der Waals surface area contributed by atoms with Gasteiger partial charge in [0.1, 0.15) is 0 Å². The molecule has 0 aliphatic carbocycles. The second-order valence-electron chi connectivity index (χ2n) is 4.60. The fraction of sp³-hybridized carbons (Fsp3) is 0.308. The van der Waals surface area contributed by atoms with Crippen molar-refractivity contribution in [1.82, 2.24) is 5.48 Å². The van der Waals surface area contributed by atoms with Crippen LogP contribution in [0.5, 0.6) is 0 Å².